The number of rotatable bonds is 6. The Balaban J connectivity index is 1.92. The number of aryl methyl sites for hydroxylation is 2. The second-order valence-corrected chi connectivity index (χ2v) is 5.70. The Labute approximate surface area is 123 Å². The van der Waals surface area contributed by atoms with Gasteiger partial charge in [0.05, 0.1) is 6.20 Å². The molecule has 0 saturated carbocycles. The van der Waals surface area contributed by atoms with Crippen molar-refractivity contribution in [3.63, 3.8) is 0 Å². The lowest BCUT2D eigenvalue weighted by Gasteiger charge is -2.16. The maximum absolute atomic E-state index is 4.21. The highest BCUT2D eigenvalue weighted by Crippen LogP contribution is 2.18. The molecule has 0 radical (unpaired) electrons. The van der Waals surface area contributed by atoms with E-state index in [1.54, 1.807) is 0 Å². The number of hydrogen-bond acceptors (Lipinski definition) is 2. The first-order valence-corrected chi connectivity index (χ1v) is 7.36. The van der Waals surface area contributed by atoms with Gasteiger partial charge in [-0.15, -0.1) is 0 Å². The van der Waals surface area contributed by atoms with Crippen LogP contribution in [0.4, 0.5) is 0 Å². The van der Waals surface area contributed by atoms with Crippen molar-refractivity contribution in [2.75, 3.05) is 7.05 Å². The number of benzene rings is 1. The van der Waals surface area contributed by atoms with E-state index in [9.17, 15) is 0 Å². The molecule has 3 nitrogen and oxygen atoms in total. The van der Waals surface area contributed by atoms with Crippen LogP contribution in [0, 0.1) is 0 Å². The maximum atomic E-state index is 4.21. The zero-order valence-corrected chi connectivity index (χ0v) is 13.0. The first-order chi connectivity index (χ1) is 9.19. The molecule has 0 aliphatic heterocycles. The summed E-state index contributed by atoms with van der Waals surface area (Å²) in [5.41, 5.74) is 2.66. The Morgan fingerprint density at radius 3 is 2.79 bits per heavy atom. The molecule has 102 valence electrons. The Morgan fingerprint density at radius 2 is 2.16 bits per heavy atom. The summed E-state index contributed by atoms with van der Waals surface area (Å²) in [6.07, 6.45) is 7.25. The number of likely N-dealkylation sites (N-methyl/N-ethyl adjacent to an activating group) is 1. The van der Waals surface area contributed by atoms with Crippen molar-refractivity contribution in [1.82, 2.24) is 15.1 Å². The van der Waals surface area contributed by atoms with E-state index in [-0.39, 0.29) is 0 Å². The quantitative estimate of drug-likeness (QED) is 0.886. The van der Waals surface area contributed by atoms with Gasteiger partial charge in [-0.2, -0.15) is 5.10 Å². The summed E-state index contributed by atoms with van der Waals surface area (Å²) in [7, 11) is 3.99. The van der Waals surface area contributed by atoms with Crippen LogP contribution in [0.25, 0.3) is 0 Å². The zero-order chi connectivity index (χ0) is 13.7. The minimum Gasteiger partial charge on any atom is -0.317 e. The highest BCUT2D eigenvalue weighted by atomic mass is 79.9. The fraction of sp³-hybridized carbons (Fsp3) is 0.400. The summed E-state index contributed by atoms with van der Waals surface area (Å²) in [5.74, 6) is 0. The molecule has 1 N–H and O–H groups in total. The average Bonchev–Trinajstić information content (AvgIpc) is 2.82. The summed E-state index contributed by atoms with van der Waals surface area (Å²) < 4.78 is 3.05. The average molecular weight is 322 g/mol. The van der Waals surface area contributed by atoms with Crippen LogP contribution >= 0.6 is 15.9 Å². The predicted molar refractivity (Wildman–Crippen MR) is 82.2 cm³/mol. The van der Waals surface area contributed by atoms with Gasteiger partial charge >= 0.3 is 0 Å². The fourth-order valence-electron chi connectivity index (χ4n) is 2.22. The molecule has 0 bridgehead atoms. The number of aromatic nitrogens is 2. The van der Waals surface area contributed by atoms with Gasteiger partial charge in [0.1, 0.15) is 0 Å². The lowest BCUT2D eigenvalue weighted by Crippen LogP contribution is -2.28. The molecule has 0 fully saturated rings. The molecule has 0 aliphatic carbocycles. The Kier molecular flexibility index (Phi) is 5.16. The second kappa shape index (κ2) is 6.87. The van der Waals surface area contributed by atoms with E-state index in [2.05, 4.69) is 56.8 Å². The largest absolute Gasteiger partial charge is 0.317 e. The third-order valence-corrected chi connectivity index (χ3v) is 4.15. The Morgan fingerprint density at radius 1 is 1.37 bits per heavy atom. The summed E-state index contributed by atoms with van der Waals surface area (Å²) in [5, 5.41) is 7.61. The highest BCUT2D eigenvalue weighted by molar-refractivity contribution is 9.10. The second-order valence-electron chi connectivity index (χ2n) is 4.84. The highest BCUT2D eigenvalue weighted by Gasteiger charge is 2.10. The van der Waals surface area contributed by atoms with Crippen molar-refractivity contribution in [3.8, 4) is 0 Å². The van der Waals surface area contributed by atoms with Gasteiger partial charge in [0.25, 0.3) is 0 Å². The fourth-order valence-corrected chi connectivity index (χ4v) is 2.67. The molecule has 1 unspecified atom stereocenters. The van der Waals surface area contributed by atoms with E-state index in [4.69, 9.17) is 0 Å². The molecular weight excluding hydrogens is 302 g/mol. The van der Waals surface area contributed by atoms with Crippen LogP contribution in [0.2, 0.25) is 0 Å². The summed E-state index contributed by atoms with van der Waals surface area (Å²) >= 11 is 3.61. The maximum Gasteiger partial charge on any atom is 0.0521 e. The van der Waals surface area contributed by atoms with Crippen molar-refractivity contribution in [3.05, 3.63) is 52.3 Å². The van der Waals surface area contributed by atoms with E-state index >= 15 is 0 Å². The molecule has 1 heterocycles. The predicted octanol–water partition coefficient (Wildman–Crippen LogP) is 2.95. The van der Waals surface area contributed by atoms with Crippen LogP contribution in [0.1, 0.15) is 17.5 Å². The Bertz CT molecular complexity index is 522. The molecule has 1 atom stereocenters. The van der Waals surface area contributed by atoms with E-state index in [1.807, 2.05) is 25.0 Å². The lowest BCUT2D eigenvalue weighted by atomic mass is 10.0. The molecule has 0 saturated heterocycles. The molecule has 0 spiro atoms. The van der Waals surface area contributed by atoms with Gasteiger partial charge in [-0.1, -0.05) is 34.1 Å². The number of nitrogens with one attached hydrogen (secondary N) is 1. The van der Waals surface area contributed by atoms with Crippen molar-refractivity contribution in [2.45, 2.75) is 25.3 Å². The van der Waals surface area contributed by atoms with Crippen LogP contribution in [0.5, 0.6) is 0 Å². The monoisotopic (exact) mass is 321 g/mol. The Hall–Kier alpha value is -1.13. The van der Waals surface area contributed by atoms with Gasteiger partial charge in [-0.05, 0) is 43.5 Å². The van der Waals surface area contributed by atoms with Gasteiger partial charge in [0.15, 0.2) is 0 Å². The SMILES string of the molecule is CNC(CCc1cnn(C)c1)Cc1ccccc1Br. The van der Waals surface area contributed by atoms with Crippen molar-refractivity contribution in [1.29, 1.82) is 0 Å². The molecule has 1 aromatic heterocycles. The molecule has 2 aromatic rings. The summed E-state index contributed by atoms with van der Waals surface area (Å²) in [4.78, 5) is 0. The van der Waals surface area contributed by atoms with Gasteiger partial charge < -0.3 is 5.32 Å². The summed E-state index contributed by atoms with van der Waals surface area (Å²) in [6, 6.07) is 8.91. The van der Waals surface area contributed by atoms with E-state index in [1.165, 1.54) is 15.6 Å². The van der Waals surface area contributed by atoms with Crippen LogP contribution in [-0.4, -0.2) is 22.9 Å². The minimum atomic E-state index is 0.485. The normalized spacial score (nSPS) is 12.6. The third kappa shape index (κ3) is 4.18. The van der Waals surface area contributed by atoms with E-state index in [0.29, 0.717) is 6.04 Å². The van der Waals surface area contributed by atoms with Crippen LogP contribution < -0.4 is 5.32 Å². The zero-order valence-electron chi connectivity index (χ0n) is 11.4. The number of halogens is 1. The summed E-state index contributed by atoms with van der Waals surface area (Å²) in [6.45, 7) is 0. The molecule has 2 rings (SSSR count). The molecule has 1 aromatic carbocycles. The molecule has 0 amide bonds. The van der Waals surface area contributed by atoms with Crippen molar-refractivity contribution in [2.24, 2.45) is 7.05 Å². The number of nitrogens with zero attached hydrogens (tertiary/aromatic N) is 2. The smallest absolute Gasteiger partial charge is 0.0521 e. The third-order valence-electron chi connectivity index (χ3n) is 3.37. The first-order valence-electron chi connectivity index (χ1n) is 6.57. The first kappa shape index (κ1) is 14.3. The standard InChI is InChI=1S/C15H20BrN3/c1-17-14(8-7-12-10-18-19(2)11-12)9-13-5-3-4-6-15(13)16/h3-6,10-11,14,17H,7-9H2,1-2H3. The molecule has 0 aliphatic rings. The van der Waals surface area contributed by atoms with Crippen LogP contribution in [-0.2, 0) is 19.9 Å². The van der Waals surface area contributed by atoms with Crippen LogP contribution in [0.15, 0.2) is 41.1 Å². The lowest BCUT2D eigenvalue weighted by molar-refractivity contribution is 0.519. The van der Waals surface area contributed by atoms with E-state index in [0.717, 1.165) is 19.3 Å². The molecule has 19 heavy (non-hydrogen) atoms. The number of hydrogen-bond donors (Lipinski definition) is 1. The van der Waals surface area contributed by atoms with Gasteiger partial charge in [-0.3, -0.25) is 4.68 Å². The minimum absolute atomic E-state index is 0.485. The van der Waals surface area contributed by atoms with Crippen molar-refractivity contribution >= 4 is 15.9 Å². The van der Waals surface area contributed by atoms with Gasteiger partial charge in [0, 0.05) is 23.8 Å². The topological polar surface area (TPSA) is 29.9 Å². The molecule has 4 heteroatoms. The van der Waals surface area contributed by atoms with E-state index < -0.39 is 0 Å². The van der Waals surface area contributed by atoms with Crippen molar-refractivity contribution < 1.29 is 0 Å². The van der Waals surface area contributed by atoms with Crippen LogP contribution in [0.3, 0.4) is 0 Å². The molecular formula is C15H20BrN3. The van der Waals surface area contributed by atoms with Gasteiger partial charge in [-0.25, -0.2) is 0 Å². The van der Waals surface area contributed by atoms with Gasteiger partial charge in [0.2, 0.25) is 0 Å².